The third-order valence-corrected chi connectivity index (χ3v) is 3.60. The van der Waals surface area contributed by atoms with Crippen molar-refractivity contribution in [3.8, 4) is 5.75 Å². The molecule has 0 aliphatic heterocycles. The van der Waals surface area contributed by atoms with Crippen molar-refractivity contribution in [3.63, 3.8) is 0 Å². The van der Waals surface area contributed by atoms with Gasteiger partial charge in [-0.1, -0.05) is 13.8 Å². The largest absolute Gasteiger partial charge is 0.492 e. The average Bonchev–Trinajstić information content (AvgIpc) is 3.24. The number of likely N-dealkylation sites (N-methyl/N-ethyl adjacent to an activating group) is 1. The van der Waals surface area contributed by atoms with Crippen molar-refractivity contribution in [2.45, 2.75) is 39.3 Å². The fraction of sp³-hybridized carbons (Fsp3) is 0.688. The summed E-state index contributed by atoms with van der Waals surface area (Å²) in [5, 5.41) is 3.44. The highest BCUT2D eigenvalue weighted by Crippen LogP contribution is 2.25. The van der Waals surface area contributed by atoms with Crippen LogP contribution in [0.25, 0.3) is 0 Å². The highest BCUT2D eigenvalue weighted by atomic mass is 16.5. The second kappa shape index (κ2) is 7.60. The van der Waals surface area contributed by atoms with Gasteiger partial charge in [0.25, 0.3) is 0 Å². The molecule has 1 aromatic rings. The van der Waals surface area contributed by atoms with E-state index in [1.54, 1.807) is 6.20 Å². The SMILES string of the molecule is CC(C)CNCc1cnccc1OCCN(C)C1CC1. The molecule has 0 amide bonds. The van der Waals surface area contributed by atoms with Gasteiger partial charge in [-0.2, -0.15) is 0 Å². The summed E-state index contributed by atoms with van der Waals surface area (Å²) in [6, 6.07) is 2.76. The number of hydrogen-bond acceptors (Lipinski definition) is 4. The highest BCUT2D eigenvalue weighted by Gasteiger charge is 2.25. The summed E-state index contributed by atoms with van der Waals surface area (Å²) in [5.41, 5.74) is 1.14. The van der Waals surface area contributed by atoms with E-state index >= 15 is 0 Å². The molecule has 1 aliphatic carbocycles. The predicted octanol–water partition coefficient (Wildman–Crippen LogP) is 2.30. The molecule has 0 aromatic carbocycles. The highest BCUT2D eigenvalue weighted by molar-refractivity contribution is 5.29. The summed E-state index contributed by atoms with van der Waals surface area (Å²) >= 11 is 0. The Bertz CT molecular complexity index is 404. The summed E-state index contributed by atoms with van der Waals surface area (Å²) in [7, 11) is 2.18. The second-order valence-corrected chi connectivity index (χ2v) is 6.07. The van der Waals surface area contributed by atoms with Gasteiger partial charge in [0.05, 0.1) is 0 Å². The minimum absolute atomic E-state index is 0.656. The zero-order valence-corrected chi connectivity index (χ0v) is 12.9. The molecule has 1 aromatic heterocycles. The van der Waals surface area contributed by atoms with Crippen molar-refractivity contribution >= 4 is 0 Å². The van der Waals surface area contributed by atoms with E-state index in [2.05, 4.69) is 36.1 Å². The van der Waals surface area contributed by atoms with Gasteiger partial charge in [-0.3, -0.25) is 4.98 Å². The standard InChI is InChI=1S/C16H27N3O/c1-13(2)10-18-12-14-11-17-7-6-16(14)20-9-8-19(3)15-4-5-15/h6-7,11,13,15,18H,4-5,8-10,12H2,1-3H3. The minimum atomic E-state index is 0.656. The van der Waals surface area contributed by atoms with Crippen LogP contribution >= 0.6 is 0 Å². The van der Waals surface area contributed by atoms with E-state index in [1.165, 1.54) is 12.8 Å². The molecule has 0 saturated heterocycles. The maximum absolute atomic E-state index is 5.92. The van der Waals surface area contributed by atoms with Crippen LogP contribution in [0.15, 0.2) is 18.5 Å². The lowest BCUT2D eigenvalue weighted by Gasteiger charge is -2.17. The van der Waals surface area contributed by atoms with Crippen LogP contribution in [-0.2, 0) is 6.54 Å². The van der Waals surface area contributed by atoms with E-state index in [-0.39, 0.29) is 0 Å². The van der Waals surface area contributed by atoms with Gasteiger partial charge in [0.2, 0.25) is 0 Å². The molecule has 1 saturated carbocycles. The lowest BCUT2D eigenvalue weighted by atomic mass is 10.2. The van der Waals surface area contributed by atoms with Gasteiger partial charge in [-0.15, -0.1) is 0 Å². The van der Waals surface area contributed by atoms with E-state index in [9.17, 15) is 0 Å². The monoisotopic (exact) mass is 277 g/mol. The van der Waals surface area contributed by atoms with Crippen LogP contribution in [0, 0.1) is 5.92 Å². The minimum Gasteiger partial charge on any atom is -0.492 e. The first-order valence-corrected chi connectivity index (χ1v) is 7.63. The van der Waals surface area contributed by atoms with Crippen molar-refractivity contribution in [1.29, 1.82) is 0 Å². The Balaban J connectivity index is 1.77. The number of aromatic nitrogens is 1. The van der Waals surface area contributed by atoms with Gasteiger partial charge in [0, 0.05) is 37.1 Å². The Kier molecular flexibility index (Phi) is 5.80. The summed E-state index contributed by atoms with van der Waals surface area (Å²) in [4.78, 5) is 6.58. The van der Waals surface area contributed by atoms with Gasteiger partial charge in [0.1, 0.15) is 12.4 Å². The second-order valence-electron chi connectivity index (χ2n) is 6.07. The predicted molar refractivity (Wildman–Crippen MR) is 81.9 cm³/mol. The molecule has 0 bridgehead atoms. The fourth-order valence-corrected chi connectivity index (χ4v) is 2.18. The summed E-state index contributed by atoms with van der Waals surface area (Å²) in [6.07, 6.45) is 6.38. The molecule has 4 heteroatoms. The van der Waals surface area contributed by atoms with Gasteiger partial charge in [-0.25, -0.2) is 0 Å². The number of rotatable bonds is 9. The Morgan fingerprint density at radius 3 is 2.95 bits per heavy atom. The third-order valence-electron chi connectivity index (χ3n) is 3.60. The van der Waals surface area contributed by atoms with Gasteiger partial charge < -0.3 is 15.0 Å². The van der Waals surface area contributed by atoms with Crippen molar-refractivity contribution in [2.24, 2.45) is 5.92 Å². The first-order valence-electron chi connectivity index (χ1n) is 7.63. The molecule has 0 spiro atoms. The van der Waals surface area contributed by atoms with Crippen LogP contribution in [-0.4, -0.2) is 42.7 Å². The fourth-order valence-electron chi connectivity index (χ4n) is 2.18. The van der Waals surface area contributed by atoms with Crippen LogP contribution in [0.2, 0.25) is 0 Å². The van der Waals surface area contributed by atoms with Gasteiger partial charge in [0.15, 0.2) is 0 Å². The number of hydrogen-bond donors (Lipinski definition) is 1. The third kappa shape index (κ3) is 5.10. The summed E-state index contributed by atoms with van der Waals surface area (Å²) < 4.78 is 5.92. The van der Waals surface area contributed by atoms with Crippen LogP contribution < -0.4 is 10.1 Å². The molecule has 20 heavy (non-hydrogen) atoms. The average molecular weight is 277 g/mol. The molecular formula is C16H27N3O. The summed E-state index contributed by atoms with van der Waals surface area (Å²) in [5.74, 6) is 1.61. The van der Waals surface area contributed by atoms with Crippen LogP contribution in [0.3, 0.4) is 0 Å². The smallest absolute Gasteiger partial charge is 0.126 e. The Labute approximate surface area is 122 Å². The van der Waals surface area contributed by atoms with E-state index in [0.29, 0.717) is 5.92 Å². The van der Waals surface area contributed by atoms with E-state index in [4.69, 9.17) is 4.74 Å². The normalized spacial score (nSPS) is 15.1. The van der Waals surface area contributed by atoms with E-state index in [0.717, 1.165) is 43.6 Å². The molecule has 4 nitrogen and oxygen atoms in total. The number of nitrogens with one attached hydrogen (secondary N) is 1. The van der Waals surface area contributed by atoms with Crippen molar-refractivity contribution < 1.29 is 4.74 Å². The summed E-state index contributed by atoms with van der Waals surface area (Å²) in [6.45, 7) is 7.99. The molecule has 1 aliphatic rings. The number of pyridine rings is 1. The first-order chi connectivity index (χ1) is 9.66. The maximum atomic E-state index is 5.92. The maximum Gasteiger partial charge on any atom is 0.126 e. The first kappa shape index (κ1) is 15.3. The molecule has 2 rings (SSSR count). The zero-order chi connectivity index (χ0) is 14.4. The molecule has 0 atom stereocenters. The Morgan fingerprint density at radius 1 is 1.45 bits per heavy atom. The lowest BCUT2D eigenvalue weighted by Crippen LogP contribution is -2.26. The van der Waals surface area contributed by atoms with E-state index < -0.39 is 0 Å². The molecule has 1 heterocycles. The number of nitrogens with zero attached hydrogens (tertiary/aromatic N) is 2. The van der Waals surface area contributed by atoms with E-state index in [1.807, 2.05) is 12.3 Å². The van der Waals surface area contributed by atoms with Crippen LogP contribution in [0.1, 0.15) is 32.3 Å². The van der Waals surface area contributed by atoms with Crippen molar-refractivity contribution in [1.82, 2.24) is 15.2 Å². The van der Waals surface area contributed by atoms with Gasteiger partial charge in [-0.05, 0) is 38.4 Å². The topological polar surface area (TPSA) is 37.4 Å². The molecule has 112 valence electrons. The molecular weight excluding hydrogens is 250 g/mol. The quantitative estimate of drug-likeness (QED) is 0.751. The molecule has 0 unspecified atom stereocenters. The Hall–Kier alpha value is -1.13. The van der Waals surface area contributed by atoms with Crippen LogP contribution in [0.5, 0.6) is 5.75 Å². The molecule has 1 N–H and O–H groups in total. The zero-order valence-electron chi connectivity index (χ0n) is 12.9. The van der Waals surface area contributed by atoms with Crippen LogP contribution in [0.4, 0.5) is 0 Å². The molecule has 0 radical (unpaired) electrons. The van der Waals surface area contributed by atoms with Crippen molar-refractivity contribution in [3.05, 3.63) is 24.0 Å². The molecule has 1 fully saturated rings. The Morgan fingerprint density at radius 2 is 2.25 bits per heavy atom. The lowest BCUT2D eigenvalue weighted by molar-refractivity contribution is 0.230. The van der Waals surface area contributed by atoms with Gasteiger partial charge >= 0.3 is 0 Å². The number of ether oxygens (including phenoxy) is 1. The van der Waals surface area contributed by atoms with Crippen molar-refractivity contribution in [2.75, 3.05) is 26.7 Å².